The molecule has 0 saturated carbocycles. The predicted molar refractivity (Wildman–Crippen MR) is 71.6 cm³/mol. The number of amidine groups is 1. The van der Waals surface area contributed by atoms with Crippen molar-refractivity contribution in [2.45, 2.75) is 0 Å². The highest BCUT2D eigenvalue weighted by molar-refractivity contribution is 5.99. The molecule has 3 rings (SSSR count). The van der Waals surface area contributed by atoms with Gasteiger partial charge in [-0.15, -0.1) is 10.2 Å². The van der Waals surface area contributed by atoms with Crippen LogP contribution in [0.5, 0.6) is 0 Å². The number of rotatable bonds is 2. The molecule has 1 aliphatic rings. The molecular weight excluding hydrogens is 224 g/mol. The van der Waals surface area contributed by atoms with Crippen molar-refractivity contribution >= 4 is 11.5 Å². The molecule has 0 aromatic heterocycles. The third-order valence-electron chi connectivity index (χ3n) is 2.66. The van der Waals surface area contributed by atoms with Gasteiger partial charge < -0.3 is 0 Å². The molecule has 0 atom stereocenters. The van der Waals surface area contributed by atoms with E-state index in [0.29, 0.717) is 12.5 Å². The van der Waals surface area contributed by atoms with Gasteiger partial charge in [0.05, 0.1) is 5.69 Å². The van der Waals surface area contributed by atoms with Crippen molar-refractivity contribution < 1.29 is 0 Å². The first-order valence-electron chi connectivity index (χ1n) is 5.77. The molecule has 18 heavy (non-hydrogen) atoms. The topological polar surface area (TPSA) is 40.3 Å². The van der Waals surface area contributed by atoms with E-state index < -0.39 is 0 Å². The highest BCUT2D eigenvalue weighted by Crippen LogP contribution is 2.17. The van der Waals surface area contributed by atoms with Crippen LogP contribution in [0.15, 0.2) is 76.0 Å². The number of nitrogens with zero attached hydrogens (tertiary/aromatic N) is 4. The van der Waals surface area contributed by atoms with E-state index in [0.717, 1.165) is 11.3 Å². The molecule has 88 valence electrons. The maximum Gasteiger partial charge on any atom is 0.201 e. The average molecular weight is 236 g/mol. The lowest BCUT2D eigenvalue weighted by molar-refractivity contribution is 0.801. The van der Waals surface area contributed by atoms with Gasteiger partial charge in [-0.1, -0.05) is 48.5 Å². The van der Waals surface area contributed by atoms with Crippen molar-refractivity contribution in [3.63, 3.8) is 0 Å². The second kappa shape index (κ2) is 4.79. The number of para-hydroxylation sites is 1. The van der Waals surface area contributed by atoms with Crippen LogP contribution in [0, 0.1) is 0 Å². The standard InChI is InChI=1S/C14H12N4/c1-3-7-12(8-4-1)14-16-15-11-18(17-14)13-9-5-2-6-10-13/h1-10H,11H2. The van der Waals surface area contributed by atoms with Gasteiger partial charge in [0, 0.05) is 5.56 Å². The molecule has 0 fully saturated rings. The molecule has 0 spiro atoms. The quantitative estimate of drug-likeness (QED) is 0.788. The minimum atomic E-state index is 0.459. The van der Waals surface area contributed by atoms with E-state index in [4.69, 9.17) is 0 Å². The first-order valence-corrected chi connectivity index (χ1v) is 5.77. The maximum absolute atomic E-state index is 4.51. The summed E-state index contributed by atoms with van der Waals surface area (Å²) in [7, 11) is 0. The summed E-state index contributed by atoms with van der Waals surface area (Å²) < 4.78 is 0. The first kappa shape index (κ1) is 10.7. The summed E-state index contributed by atoms with van der Waals surface area (Å²) in [5.41, 5.74) is 1.99. The SMILES string of the molecule is c1ccc(C2=NN(c3ccccc3)CN=N2)cc1. The van der Waals surface area contributed by atoms with Gasteiger partial charge in [0.15, 0.2) is 6.67 Å². The Morgan fingerprint density at radius 2 is 1.50 bits per heavy atom. The van der Waals surface area contributed by atoms with Crippen LogP contribution in [0.4, 0.5) is 5.69 Å². The lowest BCUT2D eigenvalue weighted by Crippen LogP contribution is -2.22. The van der Waals surface area contributed by atoms with Crippen LogP contribution in [0.3, 0.4) is 0 Å². The summed E-state index contributed by atoms with van der Waals surface area (Å²) in [6, 6.07) is 19.8. The highest BCUT2D eigenvalue weighted by atomic mass is 15.5. The van der Waals surface area contributed by atoms with Crippen molar-refractivity contribution in [1.82, 2.24) is 0 Å². The zero-order valence-electron chi connectivity index (χ0n) is 9.77. The van der Waals surface area contributed by atoms with E-state index >= 15 is 0 Å². The number of hydrogen-bond acceptors (Lipinski definition) is 4. The van der Waals surface area contributed by atoms with E-state index in [2.05, 4.69) is 15.3 Å². The third-order valence-corrected chi connectivity index (χ3v) is 2.66. The molecule has 0 bridgehead atoms. The van der Waals surface area contributed by atoms with Crippen LogP contribution in [-0.2, 0) is 0 Å². The number of anilines is 1. The zero-order valence-corrected chi connectivity index (χ0v) is 9.77. The molecule has 0 aliphatic carbocycles. The van der Waals surface area contributed by atoms with E-state index in [1.54, 1.807) is 0 Å². The fourth-order valence-corrected chi connectivity index (χ4v) is 1.77. The third kappa shape index (κ3) is 2.13. The molecule has 0 unspecified atom stereocenters. The molecule has 0 radical (unpaired) electrons. The van der Waals surface area contributed by atoms with Crippen molar-refractivity contribution in [3.8, 4) is 0 Å². The maximum atomic E-state index is 4.51. The Labute approximate surface area is 105 Å². The van der Waals surface area contributed by atoms with E-state index in [1.165, 1.54) is 0 Å². The normalized spacial score (nSPS) is 14.4. The Morgan fingerprint density at radius 3 is 2.22 bits per heavy atom. The lowest BCUT2D eigenvalue weighted by Gasteiger charge is -2.19. The summed E-state index contributed by atoms with van der Waals surface area (Å²) in [5, 5.41) is 14.6. The van der Waals surface area contributed by atoms with Gasteiger partial charge in [0.1, 0.15) is 0 Å². The van der Waals surface area contributed by atoms with Crippen molar-refractivity contribution in [2.24, 2.45) is 15.3 Å². The van der Waals surface area contributed by atoms with Crippen molar-refractivity contribution in [1.29, 1.82) is 0 Å². The fourth-order valence-electron chi connectivity index (χ4n) is 1.77. The molecule has 1 heterocycles. The second-order valence-corrected chi connectivity index (χ2v) is 3.91. The van der Waals surface area contributed by atoms with Crippen LogP contribution in [0.2, 0.25) is 0 Å². The van der Waals surface area contributed by atoms with Crippen LogP contribution in [0.25, 0.3) is 0 Å². The van der Waals surface area contributed by atoms with Crippen LogP contribution in [0.1, 0.15) is 5.56 Å². The molecular formula is C14H12N4. The van der Waals surface area contributed by atoms with Crippen LogP contribution >= 0.6 is 0 Å². The first-order chi connectivity index (χ1) is 8.93. The molecule has 2 aromatic rings. The predicted octanol–water partition coefficient (Wildman–Crippen LogP) is 3.28. The smallest absolute Gasteiger partial charge is 0.201 e. The average Bonchev–Trinajstić information content (AvgIpc) is 2.49. The van der Waals surface area contributed by atoms with Gasteiger partial charge in [-0.05, 0) is 12.1 Å². The van der Waals surface area contributed by atoms with Crippen molar-refractivity contribution in [3.05, 3.63) is 66.2 Å². The van der Waals surface area contributed by atoms with Gasteiger partial charge in [-0.3, -0.25) is 0 Å². The lowest BCUT2D eigenvalue weighted by atomic mass is 10.2. The summed E-state index contributed by atoms with van der Waals surface area (Å²) in [5.74, 6) is 0.644. The van der Waals surface area contributed by atoms with Gasteiger partial charge in [-0.25, -0.2) is 5.01 Å². The Morgan fingerprint density at radius 1 is 0.833 bits per heavy atom. The zero-order chi connectivity index (χ0) is 12.2. The van der Waals surface area contributed by atoms with Gasteiger partial charge in [0.2, 0.25) is 5.84 Å². The van der Waals surface area contributed by atoms with Crippen molar-refractivity contribution in [2.75, 3.05) is 11.7 Å². The Kier molecular flexibility index (Phi) is 2.84. The van der Waals surface area contributed by atoms with Gasteiger partial charge in [-0.2, -0.15) is 5.11 Å². The molecule has 0 N–H and O–H groups in total. The van der Waals surface area contributed by atoms with Gasteiger partial charge >= 0.3 is 0 Å². The van der Waals surface area contributed by atoms with E-state index in [9.17, 15) is 0 Å². The highest BCUT2D eigenvalue weighted by Gasteiger charge is 2.12. The van der Waals surface area contributed by atoms with E-state index in [-0.39, 0.29) is 0 Å². The van der Waals surface area contributed by atoms with Crippen LogP contribution < -0.4 is 5.01 Å². The summed E-state index contributed by atoms with van der Waals surface area (Å²) in [4.78, 5) is 0. The minimum Gasteiger partial charge on any atom is -0.240 e. The molecule has 1 aliphatic heterocycles. The monoisotopic (exact) mass is 236 g/mol. The molecule has 4 nitrogen and oxygen atoms in total. The Bertz CT molecular complexity index is 575. The number of benzene rings is 2. The van der Waals surface area contributed by atoms with Gasteiger partial charge in [0.25, 0.3) is 0 Å². The van der Waals surface area contributed by atoms with Crippen LogP contribution in [-0.4, -0.2) is 12.5 Å². The largest absolute Gasteiger partial charge is 0.240 e. The summed E-state index contributed by atoms with van der Waals surface area (Å²) >= 11 is 0. The van der Waals surface area contributed by atoms with E-state index in [1.807, 2.05) is 65.7 Å². The number of hydrazone groups is 1. The minimum absolute atomic E-state index is 0.459. The Hall–Kier alpha value is -2.49. The molecule has 2 aromatic carbocycles. The summed E-state index contributed by atoms with van der Waals surface area (Å²) in [6.45, 7) is 0.459. The molecule has 0 saturated heterocycles. The fraction of sp³-hybridized carbons (Fsp3) is 0.0714. The molecule has 4 heteroatoms. The number of azo groups is 1. The Balaban J connectivity index is 1.93. The summed E-state index contributed by atoms with van der Waals surface area (Å²) in [6.07, 6.45) is 0. The number of hydrogen-bond donors (Lipinski definition) is 0. The second-order valence-electron chi connectivity index (χ2n) is 3.91. The molecule has 0 amide bonds.